The van der Waals surface area contributed by atoms with Gasteiger partial charge in [0.25, 0.3) is 5.91 Å². The molecule has 2 spiro atoms. The highest BCUT2D eigenvalue weighted by molar-refractivity contribution is 9.10. The molecule has 1 heterocycles. The Kier molecular flexibility index (Phi) is 4.54. The van der Waals surface area contributed by atoms with Crippen LogP contribution < -0.4 is 5.73 Å². The zero-order valence-electron chi connectivity index (χ0n) is 15.4. The van der Waals surface area contributed by atoms with Gasteiger partial charge in [-0.05, 0) is 55.4 Å². The molecule has 2 aliphatic carbocycles. The lowest BCUT2D eigenvalue weighted by Crippen LogP contribution is -2.53. The van der Waals surface area contributed by atoms with E-state index in [-0.39, 0.29) is 12.1 Å². The number of methoxy groups -OCH3 is 1. The summed E-state index contributed by atoms with van der Waals surface area (Å²) in [6, 6.07) is 5.61. The Morgan fingerprint density at radius 1 is 1.36 bits per heavy atom. The summed E-state index contributed by atoms with van der Waals surface area (Å²) in [6.45, 7) is -1.43. The molecule has 152 valence electrons. The monoisotopic (exact) mass is 459 g/mol. The van der Waals surface area contributed by atoms with Gasteiger partial charge in [-0.25, -0.2) is 4.99 Å². The number of hydrogen-bond acceptors (Lipinski definition) is 4. The lowest BCUT2D eigenvalue weighted by molar-refractivity contribution is -0.158. The van der Waals surface area contributed by atoms with Crippen molar-refractivity contribution >= 4 is 27.8 Å². The van der Waals surface area contributed by atoms with Crippen molar-refractivity contribution in [2.45, 2.75) is 49.9 Å². The Bertz CT molecular complexity index is 849. The van der Waals surface area contributed by atoms with Gasteiger partial charge in [0.2, 0.25) is 0 Å². The number of benzene rings is 1. The molecule has 1 atom stereocenters. The summed E-state index contributed by atoms with van der Waals surface area (Å²) in [7, 11) is 1.65. The summed E-state index contributed by atoms with van der Waals surface area (Å²) in [5.74, 6) is -1.03. The molecule has 28 heavy (non-hydrogen) atoms. The SMILES string of the molecule is COC1CCC2(CC1)Cc1ccc(Br)cc1C21N=C(N)N(CC(F)(F)F)C1=O. The Morgan fingerprint density at radius 3 is 2.64 bits per heavy atom. The fourth-order valence-electron chi connectivity index (χ4n) is 5.17. The maximum atomic E-state index is 13.5. The van der Waals surface area contributed by atoms with Crippen LogP contribution in [-0.4, -0.2) is 42.7 Å². The Labute approximate surface area is 169 Å². The number of fused-ring (bicyclic) bond motifs is 3. The van der Waals surface area contributed by atoms with E-state index in [0.717, 1.165) is 22.9 Å². The van der Waals surface area contributed by atoms with E-state index in [1.165, 1.54) is 0 Å². The number of nitrogens with zero attached hydrogens (tertiary/aromatic N) is 2. The minimum absolute atomic E-state index is 0.0854. The zero-order valence-corrected chi connectivity index (χ0v) is 16.9. The maximum Gasteiger partial charge on any atom is 0.406 e. The molecule has 0 bridgehead atoms. The first-order chi connectivity index (χ1) is 13.1. The Morgan fingerprint density at radius 2 is 2.04 bits per heavy atom. The molecular formula is C19H21BrF3N3O2. The van der Waals surface area contributed by atoms with E-state index >= 15 is 0 Å². The van der Waals surface area contributed by atoms with Gasteiger partial charge in [-0.2, -0.15) is 13.2 Å². The standard InChI is InChI=1S/C19H21BrF3N3O2/c1-28-13-4-6-17(7-5-13)9-11-2-3-12(20)8-14(11)19(17)15(27)26(16(24)25-19)10-18(21,22)23/h2-3,8,13H,4-7,9-10H2,1H3,(H2,24,25). The average molecular weight is 460 g/mol. The van der Waals surface area contributed by atoms with Crippen molar-refractivity contribution in [1.82, 2.24) is 4.90 Å². The summed E-state index contributed by atoms with van der Waals surface area (Å²) in [6.07, 6.45) is -1.14. The van der Waals surface area contributed by atoms with Gasteiger partial charge >= 0.3 is 6.18 Å². The third-order valence-corrected chi connectivity index (χ3v) is 6.93. The summed E-state index contributed by atoms with van der Waals surface area (Å²) < 4.78 is 45.5. The molecule has 1 aromatic rings. The molecule has 1 fully saturated rings. The van der Waals surface area contributed by atoms with E-state index < -0.39 is 29.6 Å². The first-order valence-electron chi connectivity index (χ1n) is 9.18. The Balaban J connectivity index is 1.84. The number of ether oxygens (including phenoxy) is 1. The second-order valence-electron chi connectivity index (χ2n) is 7.88. The number of rotatable bonds is 2. The van der Waals surface area contributed by atoms with Crippen LogP contribution in [0.4, 0.5) is 13.2 Å². The van der Waals surface area contributed by atoms with Crippen LogP contribution >= 0.6 is 15.9 Å². The molecule has 5 nitrogen and oxygen atoms in total. The predicted molar refractivity (Wildman–Crippen MR) is 101 cm³/mol. The summed E-state index contributed by atoms with van der Waals surface area (Å²) >= 11 is 3.42. The highest BCUT2D eigenvalue weighted by atomic mass is 79.9. The van der Waals surface area contributed by atoms with Crippen molar-refractivity contribution in [1.29, 1.82) is 0 Å². The largest absolute Gasteiger partial charge is 0.406 e. The minimum atomic E-state index is -4.55. The molecular weight excluding hydrogens is 439 g/mol. The van der Waals surface area contributed by atoms with Gasteiger partial charge in [0.1, 0.15) is 6.54 Å². The van der Waals surface area contributed by atoms with E-state index in [9.17, 15) is 18.0 Å². The van der Waals surface area contributed by atoms with Crippen LogP contribution in [0, 0.1) is 5.41 Å². The highest BCUT2D eigenvalue weighted by Crippen LogP contribution is 2.62. The molecule has 2 N–H and O–H groups in total. The van der Waals surface area contributed by atoms with Gasteiger partial charge in [0.05, 0.1) is 6.10 Å². The maximum absolute atomic E-state index is 13.5. The fourth-order valence-corrected chi connectivity index (χ4v) is 5.53. The quantitative estimate of drug-likeness (QED) is 0.735. The molecule has 0 radical (unpaired) electrons. The van der Waals surface area contributed by atoms with Crippen LogP contribution in [0.15, 0.2) is 27.7 Å². The number of alkyl halides is 3. The van der Waals surface area contributed by atoms with Crippen LogP contribution in [-0.2, 0) is 21.5 Å². The van der Waals surface area contributed by atoms with Crippen molar-refractivity contribution in [3.63, 3.8) is 0 Å². The fraction of sp³-hybridized carbons (Fsp3) is 0.579. The van der Waals surface area contributed by atoms with E-state index in [2.05, 4.69) is 20.9 Å². The van der Waals surface area contributed by atoms with Crippen molar-refractivity contribution in [3.05, 3.63) is 33.8 Å². The number of amides is 1. The number of nitrogens with two attached hydrogens (primary N) is 1. The van der Waals surface area contributed by atoms with Crippen LogP contribution in [0.1, 0.15) is 36.8 Å². The molecule has 0 saturated heterocycles. The molecule has 0 aromatic heterocycles. The van der Waals surface area contributed by atoms with Crippen molar-refractivity contribution < 1.29 is 22.7 Å². The highest BCUT2D eigenvalue weighted by Gasteiger charge is 2.67. The molecule has 1 saturated carbocycles. The second-order valence-corrected chi connectivity index (χ2v) is 8.80. The van der Waals surface area contributed by atoms with Crippen LogP contribution in [0.3, 0.4) is 0 Å². The van der Waals surface area contributed by atoms with E-state index in [1.54, 1.807) is 13.2 Å². The Hall–Kier alpha value is -1.61. The number of guanidine groups is 1. The number of hydrogen-bond donors (Lipinski definition) is 1. The molecule has 1 unspecified atom stereocenters. The molecule has 1 aliphatic heterocycles. The molecule has 1 aromatic carbocycles. The lowest BCUT2D eigenvalue weighted by Gasteiger charge is -2.45. The first kappa shape index (κ1) is 19.7. The van der Waals surface area contributed by atoms with Gasteiger partial charge in [0, 0.05) is 17.0 Å². The van der Waals surface area contributed by atoms with Crippen molar-refractivity contribution in [2.75, 3.05) is 13.7 Å². The van der Waals surface area contributed by atoms with Crippen LogP contribution in [0.5, 0.6) is 0 Å². The molecule has 1 amide bonds. The number of carbonyl (C=O) groups is 1. The number of carbonyl (C=O) groups excluding carboxylic acids is 1. The molecule has 3 aliphatic rings. The van der Waals surface area contributed by atoms with Gasteiger partial charge in [-0.3, -0.25) is 9.69 Å². The van der Waals surface area contributed by atoms with Gasteiger partial charge < -0.3 is 10.5 Å². The first-order valence-corrected chi connectivity index (χ1v) is 9.97. The van der Waals surface area contributed by atoms with Gasteiger partial charge in [0.15, 0.2) is 11.5 Å². The minimum Gasteiger partial charge on any atom is -0.381 e. The zero-order chi connectivity index (χ0) is 20.3. The van der Waals surface area contributed by atoms with E-state index in [4.69, 9.17) is 10.5 Å². The van der Waals surface area contributed by atoms with Crippen LogP contribution in [0.2, 0.25) is 0 Å². The van der Waals surface area contributed by atoms with Crippen molar-refractivity contribution in [3.8, 4) is 0 Å². The topological polar surface area (TPSA) is 67.9 Å². The molecule has 4 rings (SSSR count). The van der Waals surface area contributed by atoms with Crippen LogP contribution in [0.25, 0.3) is 0 Å². The third kappa shape index (κ3) is 2.77. The summed E-state index contributed by atoms with van der Waals surface area (Å²) in [5.41, 5.74) is 5.50. The molecule has 9 heteroatoms. The number of aliphatic imine (C=N–C) groups is 1. The lowest BCUT2D eigenvalue weighted by atomic mass is 9.61. The summed E-state index contributed by atoms with van der Waals surface area (Å²) in [4.78, 5) is 18.6. The second kappa shape index (κ2) is 6.45. The average Bonchev–Trinajstić information content (AvgIpc) is 3.03. The van der Waals surface area contributed by atoms with Gasteiger partial charge in [-0.1, -0.05) is 22.0 Å². The third-order valence-electron chi connectivity index (χ3n) is 6.43. The summed E-state index contributed by atoms with van der Waals surface area (Å²) in [5, 5.41) is 0. The van der Waals surface area contributed by atoms with E-state index in [0.29, 0.717) is 29.7 Å². The van der Waals surface area contributed by atoms with Gasteiger partial charge in [-0.15, -0.1) is 0 Å². The normalized spacial score (nSPS) is 32.3. The van der Waals surface area contributed by atoms with E-state index in [1.807, 2.05) is 12.1 Å². The predicted octanol–water partition coefficient (Wildman–Crippen LogP) is 3.50. The smallest absolute Gasteiger partial charge is 0.381 e. The number of halogens is 4. The van der Waals surface area contributed by atoms with Crippen molar-refractivity contribution in [2.24, 2.45) is 16.1 Å².